The second-order valence-corrected chi connectivity index (χ2v) is 6.35. The Hall–Kier alpha value is -0.350. The highest BCUT2D eigenvalue weighted by Gasteiger charge is 2.34. The summed E-state index contributed by atoms with van der Waals surface area (Å²) in [5.41, 5.74) is 0.906. The molecule has 3 nitrogen and oxygen atoms in total. The third kappa shape index (κ3) is 2.36. The van der Waals surface area contributed by atoms with Crippen molar-refractivity contribution in [1.82, 2.24) is 5.32 Å². The number of hydrogen-bond donors (Lipinski definition) is 1. The maximum absolute atomic E-state index is 11.8. The Morgan fingerprint density at radius 3 is 2.57 bits per heavy atom. The summed E-state index contributed by atoms with van der Waals surface area (Å²) in [4.78, 5) is 0. The molecular weight excluding hydrogens is 198 g/mol. The highest BCUT2D eigenvalue weighted by Crippen LogP contribution is 2.24. The van der Waals surface area contributed by atoms with E-state index in [1.54, 1.807) is 7.05 Å². The lowest BCUT2D eigenvalue weighted by atomic mass is 10.0. The van der Waals surface area contributed by atoms with Crippen molar-refractivity contribution in [2.75, 3.05) is 12.8 Å². The SMILES string of the molecule is C=C(C)C(NC)C1CCCCS1(=O)=O. The first-order chi connectivity index (χ1) is 6.49. The second-order valence-electron chi connectivity index (χ2n) is 4.01. The Bertz CT molecular complexity index is 308. The van der Waals surface area contributed by atoms with Crippen molar-refractivity contribution in [3.05, 3.63) is 12.2 Å². The Labute approximate surface area is 86.5 Å². The zero-order valence-corrected chi connectivity index (χ0v) is 9.73. The van der Waals surface area contributed by atoms with Gasteiger partial charge in [0.05, 0.1) is 11.0 Å². The molecule has 4 heteroatoms. The Kier molecular flexibility index (Phi) is 3.72. The van der Waals surface area contributed by atoms with Crippen LogP contribution in [0.4, 0.5) is 0 Å². The van der Waals surface area contributed by atoms with E-state index in [2.05, 4.69) is 11.9 Å². The fraction of sp³-hybridized carbons (Fsp3) is 0.800. The lowest BCUT2D eigenvalue weighted by Gasteiger charge is -2.30. The van der Waals surface area contributed by atoms with E-state index in [0.717, 1.165) is 24.8 Å². The molecule has 1 fully saturated rings. The predicted molar refractivity (Wildman–Crippen MR) is 59.1 cm³/mol. The first-order valence-corrected chi connectivity index (χ1v) is 6.75. The van der Waals surface area contributed by atoms with Gasteiger partial charge in [0.25, 0.3) is 0 Å². The van der Waals surface area contributed by atoms with Gasteiger partial charge in [-0.05, 0) is 26.8 Å². The standard InChI is InChI=1S/C10H19NO2S/c1-8(2)10(11-3)9-6-4-5-7-14(9,12)13/h9-11H,1,4-7H2,2-3H3. The van der Waals surface area contributed by atoms with Crippen LogP contribution in [-0.4, -0.2) is 32.5 Å². The number of rotatable bonds is 3. The molecule has 2 atom stereocenters. The lowest BCUT2D eigenvalue weighted by Crippen LogP contribution is -2.45. The van der Waals surface area contributed by atoms with Crippen LogP contribution in [0, 0.1) is 0 Å². The topological polar surface area (TPSA) is 46.2 Å². The van der Waals surface area contributed by atoms with Gasteiger partial charge in [0, 0.05) is 6.04 Å². The average molecular weight is 217 g/mol. The summed E-state index contributed by atoms with van der Waals surface area (Å²) < 4.78 is 23.6. The molecule has 14 heavy (non-hydrogen) atoms. The molecule has 2 unspecified atom stereocenters. The average Bonchev–Trinajstić information content (AvgIpc) is 2.08. The van der Waals surface area contributed by atoms with Gasteiger partial charge in [0.1, 0.15) is 0 Å². The molecule has 0 amide bonds. The largest absolute Gasteiger partial charge is 0.312 e. The van der Waals surface area contributed by atoms with Crippen LogP contribution < -0.4 is 5.32 Å². The van der Waals surface area contributed by atoms with E-state index < -0.39 is 9.84 Å². The van der Waals surface area contributed by atoms with Gasteiger partial charge in [-0.15, -0.1) is 0 Å². The molecule has 0 aromatic carbocycles. The smallest absolute Gasteiger partial charge is 0.155 e. The van der Waals surface area contributed by atoms with E-state index in [4.69, 9.17) is 0 Å². The highest BCUT2D eigenvalue weighted by molar-refractivity contribution is 7.92. The van der Waals surface area contributed by atoms with Gasteiger partial charge < -0.3 is 5.32 Å². The van der Waals surface area contributed by atoms with Gasteiger partial charge in [-0.2, -0.15) is 0 Å². The van der Waals surface area contributed by atoms with E-state index in [0.29, 0.717) is 5.75 Å². The first kappa shape index (κ1) is 11.7. The van der Waals surface area contributed by atoms with Gasteiger partial charge in [-0.1, -0.05) is 18.6 Å². The molecule has 0 aliphatic carbocycles. The minimum atomic E-state index is -2.90. The van der Waals surface area contributed by atoms with Crippen LogP contribution in [0.15, 0.2) is 12.2 Å². The van der Waals surface area contributed by atoms with Crippen molar-refractivity contribution in [1.29, 1.82) is 0 Å². The highest BCUT2D eigenvalue weighted by atomic mass is 32.2. The van der Waals surface area contributed by atoms with Gasteiger partial charge in [-0.25, -0.2) is 8.42 Å². The van der Waals surface area contributed by atoms with Crippen molar-refractivity contribution >= 4 is 9.84 Å². The fourth-order valence-electron chi connectivity index (χ4n) is 2.10. The van der Waals surface area contributed by atoms with Crippen molar-refractivity contribution in [2.45, 2.75) is 37.5 Å². The van der Waals surface area contributed by atoms with Crippen molar-refractivity contribution in [3.8, 4) is 0 Å². The normalized spacial score (nSPS) is 28.3. The molecular formula is C10H19NO2S. The molecule has 1 saturated heterocycles. The molecule has 1 aliphatic rings. The maximum atomic E-state index is 11.8. The van der Waals surface area contributed by atoms with Gasteiger partial charge >= 0.3 is 0 Å². The van der Waals surface area contributed by atoms with E-state index in [9.17, 15) is 8.42 Å². The van der Waals surface area contributed by atoms with E-state index in [1.807, 2.05) is 6.92 Å². The summed E-state index contributed by atoms with van der Waals surface area (Å²) in [7, 11) is -1.11. The molecule has 0 aromatic rings. The molecule has 1 N–H and O–H groups in total. The molecule has 1 heterocycles. The van der Waals surface area contributed by atoms with Crippen molar-refractivity contribution in [2.24, 2.45) is 0 Å². The van der Waals surface area contributed by atoms with Crippen molar-refractivity contribution in [3.63, 3.8) is 0 Å². The van der Waals surface area contributed by atoms with Gasteiger partial charge in [0.2, 0.25) is 0 Å². The minimum absolute atomic E-state index is 0.0831. The zero-order valence-electron chi connectivity index (χ0n) is 8.91. The number of nitrogens with one attached hydrogen (secondary N) is 1. The lowest BCUT2D eigenvalue weighted by molar-refractivity contribution is 0.489. The number of likely N-dealkylation sites (N-methyl/N-ethyl adjacent to an activating group) is 1. The number of sulfone groups is 1. The Balaban J connectivity index is 2.88. The van der Waals surface area contributed by atoms with Crippen LogP contribution >= 0.6 is 0 Å². The van der Waals surface area contributed by atoms with E-state index >= 15 is 0 Å². The molecule has 0 radical (unpaired) electrons. The summed E-state index contributed by atoms with van der Waals surface area (Å²) in [5.74, 6) is 0.336. The van der Waals surface area contributed by atoms with Crippen LogP contribution in [0.2, 0.25) is 0 Å². The van der Waals surface area contributed by atoms with Crippen LogP contribution in [-0.2, 0) is 9.84 Å². The Morgan fingerprint density at radius 1 is 1.50 bits per heavy atom. The summed E-state index contributed by atoms with van der Waals surface area (Å²) in [6, 6.07) is -0.0831. The van der Waals surface area contributed by atoms with Crippen LogP contribution in [0.25, 0.3) is 0 Å². The van der Waals surface area contributed by atoms with Crippen LogP contribution in [0.3, 0.4) is 0 Å². The summed E-state index contributed by atoms with van der Waals surface area (Å²) in [6.45, 7) is 5.72. The molecule has 82 valence electrons. The summed E-state index contributed by atoms with van der Waals surface area (Å²) in [6.07, 6.45) is 2.58. The third-order valence-electron chi connectivity index (χ3n) is 2.84. The molecule has 0 aromatic heterocycles. The van der Waals surface area contributed by atoms with Gasteiger partial charge in [0.15, 0.2) is 9.84 Å². The second kappa shape index (κ2) is 4.45. The predicted octanol–water partition coefficient (Wildman–Crippen LogP) is 1.12. The fourth-order valence-corrected chi connectivity index (χ4v) is 4.32. The molecule has 1 aliphatic heterocycles. The zero-order chi connectivity index (χ0) is 10.8. The van der Waals surface area contributed by atoms with Crippen molar-refractivity contribution < 1.29 is 8.42 Å². The quantitative estimate of drug-likeness (QED) is 0.721. The van der Waals surface area contributed by atoms with E-state index in [-0.39, 0.29) is 11.3 Å². The minimum Gasteiger partial charge on any atom is -0.312 e. The molecule has 0 bridgehead atoms. The van der Waals surface area contributed by atoms with Gasteiger partial charge in [-0.3, -0.25) is 0 Å². The third-order valence-corrected chi connectivity index (χ3v) is 5.13. The maximum Gasteiger partial charge on any atom is 0.155 e. The molecule has 0 saturated carbocycles. The monoisotopic (exact) mass is 217 g/mol. The van der Waals surface area contributed by atoms with E-state index in [1.165, 1.54) is 0 Å². The first-order valence-electron chi connectivity index (χ1n) is 5.03. The number of hydrogen-bond acceptors (Lipinski definition) is 3. The van der Waals surface area contributed by atoms with Crippen LogP contribution in [0.1, 0.15) is 26.2 Å². The molecule has 0 spiro atoms. The molecule has 1 rings (SSSR count). The van der Waals surface area contributed by atoms with Crippen LogP contribution in [0.5, 0.6) is 0 Å². The summed E-state index contributed by atoms with van der Waals surface area (Å²) >= 11 is 0. The summed E-state index contributed by atoms with van der Waals surface area (Å²) in [5, 5.41) is 2.78. The Morgan fingerprint density at radius 2 is 2.14 bits per heavy atom.